The maximum atomic E-state index is 12.2. The van der Waals surface area contributed by atoms with Gasteiger partial charge in [-0.25, -0.2) is 0 Å². The molecule has 0 unspecified atom stereocenters. The van der Waals surface area contributed by atoms with Crippen LogP contribution in [0.25, 0.3) is 0 Å². The van der Waals surface area contributed by atoms with E-state index in [4.69, 9.17) is 11.6 Å². The largest absolute Gasteiger partial charge is 0.330 e. The first-order valence-corrected chi connectivity index (χ1v) is 10.0. The van der Waals surface area contributed by atoms with Crippen molar-refractivity contribution < 1.29 is 4.79 Å². The van der Waals surface area contributed by atoms with Crippen LogP contribution in [0, 0.1) is 13.8 Å². The second kappa shape index (κ2) is 8.53. The van der Waals surface area contributed by atoms with Crippen molar-refractivity contribution in [1.82, 2.24) is 10.2 Å². The summed E-state index contributed by atoms with van der Waals surface area (Å²) < 4.78 is 0.727. The van der Waals surface area contributed by atoms with E-state index in [1.807, 2.05) is 56.3 Å². The number of anilines is 3. The Balaban J connectivity index is 1.54. The number of aromatic nitrogens is 2. The van der Waals surface area contributed by atoms with Gasteiger partial charge in [-0.2, -0.15) is 0 Å². The highest BCUT2D eigenvalue weighted by Crippen LogP contribution is 2.28. The van der Waals surface area contributed by atoms with Gasteiger partial charge in [0.2, 0.25) is 11.0 Å². The van der Waals surface area contributed by atoms with Gasteiger partial charge < -0.3 is 10.6 Å². The molecule has 1 heterocycles. The average molecular weight is 405 g/mol. The lowest BCUT2D eigenvalue weighted by molar-refractivity contribution is -0.113. The highest BCUT2D eigenvalue weighted by atomic mass is 35.5. The van der Waals surface area contributed by atoms with Crippen LogP contribution in [0.5, 0.6) is 0 Å². The van der Waals surface area contributed by atoms with E-state index in [0.717, 1.165) is 26.8 Å². The number of nitrogens with one attached hydrogen (secondary N) is 2. The molecule has 1 aromatic heterocycles. The standard InChI is InChI=1S/C18H17ClN4OS2/c1-11-6-7-12(2)15(8-11)21-16(24)10-25-18-23-22-17(26-18)20-14-5-3-4-13(19)9-14/h3-9H,10H2,1-2H3,(H,20,22)(H,21,24). The van der Waals surface area contributed by atoms with E-state index in [9.17, 15) is 4.79 Å². The Bertz CT molecular complexity index is 929. The van der Waals surface area contributed by atoms with Crippen molar-refractivity contribution in [2.45, 2.75) is 18.2 Å². The third-order valence-electron chi connectivity index (χ3n) is 3.48. The van der Waals surface area contributed by atoms with E-state index in [-0.39, 0.29) is 11.7 Å². The lowest BCUT2D eigenvalue weighted by Gasteiger charge is -2.08. The number of carbonyl (C=O) groups is 1. The van der Waals surface area contributed by atoms with Crippen molar-refractivity contribution in [3.63, 3.8) is 0 Å². The van der Waals surface area contributed by atoms with Crippen LogP contribution in [0.1, 0.15) is 11.1 Å². The van der Waals surface area contributed by atoms with Gasteiger partial charge in [-0.05, 0) is 49.2 Å². The number of aryl methyl sites for hydroxylation is 2. The summed E-state index contributed by atoms with van der Waals surface area (Å²) in [5.41, 5.74) is 3.84. The third kappa shape index (κ3) is 5.20. The minimum atomic E-state index is -0.0664. The predicted octanol–water partition coefficient (Wildman–Crippen LogP) is 5.28. The number of nitrogens with zero attached hydrogens (tertiary/aromatic N) is 2. The molecule has 0 saturated carbocycles. The first-order valence-electron chi connectivity index (χ1n) is 7.85. The summed E-state index contributed by atoms with van der Waals surface area (Å²) in [6.07, 6.45) is 0. The molecule has 0 aliphatic rings. The number of benzene rings is 2. The SMILES string of the molecule is Cc1ccc(C)c(NC(=O)CSc2nnc(Nc3cccc(Cl)c3)s2)c1. The van der Waals surface area contributed by atoms with Gasteiger partial charge in [-0.3, -0.25) is 4.79 Å². The Morgan fingerprint density at radius 3 is 2.85 bits per heavy atom. The molecule has 8 heteroatoms. The summed E-state index contributed by atoms with van der Waals surface area (Å²) in [6, 6.07) is 13.4. The normalized spacial score (nSPS) is 10.6. The fourth-order valence-electron chi connectivity index (χ4n) is 2.19. The van der Waals surface area contributed by atoms with E-state index < -0.39 is 0 Å². The van der Waals surface area contributed by atoms with Crippen molar-refractivity contribution in [1.29, 1.82) is 0 Å². The summed E-state index contributed by atoms with van der Waals surface area (Å²) in [5.74, 6) is 0.211. The number of hydrogen-bond acceptors (Lipinski definition) is 6. The molecule has 0 spiro atoms. The van der Waals surface area contributed by atoms with Gasteiger partial charge in [-0.1, -0.05) is 52.9 Å². The minimum Gasteiger partial charge on any atom is -0.330 e. The lowest BCUT2D eigenvalue weighted by Crippen LogP contribution is -2.14. The molecule has 0 radical (unpaired) electrons. The Morgan fingerprint density at radius 2 is 2.04 bits per heavy atom. The molecule has 5 nitrogen and oxygen atoms in total. The molecule has 0 aliphatic carbocycles. The number of thioether (sulfide) groups is 1. The summed E-state index contributed by atoms with van der Waals surface area (Å²) >= 11 is 8.72. The van der Waals surface area contributed by atoms with Crippen LogP contribution in [-0.2, 0) is 4.79 Å². The first kappa shape index (κ1) is 18.7. The summed E-state index contributed by atoms with van der Waals surface area (Å²) in [4.78, 5) is 12.2. The average Bonchev–Trinajstić information content (AvgIpc) is 3.04. The summed E-state index contributed by atoms with van der Waals surface area (Å²) in [6.45, 7) is 3.97. The predicted molar refractivity (Wildman–Crippen MR) is 110 cm³/mol. The smallest absolute Gasteiger partial charge is 0.234 e. The number of rotatable bonds is 6. The fraction of sp³-hybridized carbons (Fsp3) is 0.167. The molecule has 26 heavy (non-hydrogen) atoms. The zero-order chi connectivity index (χ0) is 18.5. The quantitative estimate of drug-likeness (QED) is 0.547. The second-order valence-corrected chi connectivity index (χ2v) is 8.30. The third-order valence-corrected chi connectivity index (χ3v) is 5.68. The van der Waals surface area contributed by atoms with Gasteiger partial charge in [0.15, 0.2) is 4.34 Å². The van der Waals surface area contributed by atoms with E-state index in [0.29, 0.717) is 10.2 Å². The monoisotopic (exact) mass is 404 g/mol. The number of carbonyl (C=O) groups excluding carboxylic acids is 1. The highest BCUT2D eigenvalue weighted by molar-refractivity contribution is 8.01. The zero-order valence-electron chi connectivity index (χ0n) is 14.2. The lowest BCUT2D eigenvalue weighted by atomic mass is 10.1. The van der Waals surface area contributed by atoms with Gasteiger partial charge in [0.05, 0.1) is 5.75 Å². The summed E-state index contributed by atoms with van der Waals surface area (Å²) in [5, 5.41) is 15.6. The zero-order valence-corrected chi connectivity index (χ0v) is 16.6. The molecule has 0 aliphatic heterocycles. The van der Waals surface area contributed by atoms with Crippen LogP contribution in [0.4, 0.5) is 16.5 Å². The number of amides is 1. The van der Waals surface area contributed by atoms with Crippen molar-refractivity contribution in [3.05, 3.63) is 58.6 Å². The Labute approximate surface area is 165 Å². The molecule has 134 valence electrons. The number of hydrogen-bond donors (Lipinski definition) is 2. The number of halogens is 1. The first-order chi connectivity index (χ1) is 12.5. The van der Waals surface area contributed by atoms with E-state index in [2.05, 4.69) is 20.8 Å². The van der Waals surface area contributed by atoms with Gasteiger partial charge >= 0.3 is 0 Å². The summed E-state index contributed by atoms with van der Waals surface area (Å²) in [7, 11) is 0. The molecule has 2 N–H and O–H groups in total. The molecular formula is C18H17ClN4OS2. The van der Waals surface area contributed by atoms with Crippen LogP contribution in [0.15, 0.2) is 46.8 Å². The molecule has 2 aromatic carbocycles. The van der Waals surface area contributed by atoms with Crippen molar-refractivity contribution >= 4 is 57.1 Å². The van der Waals surface area contributed by atoms with Crippen LogP contribution in [-0.4, -0.2) is 21.9 Å². The van der Waals surface area contributed by atoms with Crippen LogP contribution < -0.4 is 10.6 Å². The molecule has 0 atom stereocenters. The fourth-order valence-corrected chi connectivity index (χ4v) is 3.95. The van der Waals surface area contributed by atoms with E-state index in [1.165, 1.54) is 23.1 Å². The van der Waals surface area contributed by atoms with E-state index >= 15 is 0 Å². The van der Waals surface area contributed by atoms with Gasteiger partial charge in [-0.15, -0.1) is 10.2 Å². The van der Waals surface area contributed by atoms with Crippen molar-refractivity contribution in [2.24, 2.45) is 0 Å². The van der Waals surface area contributed by atoms with Crippen LogP contribution >= 0.6 is 34.7 Å². The molecule has 0 fully saturated rings. The second-order valence-electron chi connectivity index (χ2n) is 5.66. The minimum absolute atomic E-state index is 0.0664. The maximum Gasteiger partial charge on any atom is 0.234 e. The van der Waals surface area contributed by atoms with Crippen LogP contribution in [0.3, 0.4) is 0 Å². The van der Waals surface area contributed by atoms with Gasteiger partial charge in [0, 0.05) is 16.4 Å². The van der Waals surface area contributed by atoms with Gasteiger partial charge in [0.1, 0.15) is 0 Å². The Morgan fingerprint density at radius 1 is 1.19 bits per heavy atom. The Hall–Kier alpha value is -2.09. The molecule has 0 saturated heterocycles. The molecular weight excluding hydrogens is 388 g/mol. The topological polar surface area (TPSA) is 66.9 Å². The highest BCUT2D eigenvalue weighted by Gasteiger charge is 2.10. The van der Waals surface area contributed by atoms with E-state index in [1.54, 1.807) is 0 Å². The van der Waals surface area contributed by atoms with Gasteiger partial charge in [0.25, 0.3) is 0 Å². The Kier molecular flexibility index (Phi) is 6.13. The molecule has 1 amide bonds. The maximum absolute atomic E-state index is 12.2. The molecule has 0 bridgehead atoms. The molecule has 3 aromatic rings. The van der Waals surface area contributed by atoms with Crippen LogP contribution in [0.2, 0.25) is 5.02 Å². The van der Waals surface area contributed by atoms with Crippen molar-refractivity contribution in [3.8, 4) is 0 Å². The molecule has 3 rings (SSSR count). The van der Waals surface area contributed by atoms with Crippen molar-refractivity contribution in [2.75, 3.05) is 16.4 Å².